The quantitative estimate of drug-likeness (QED) is 0.643. The van der Waals surface area contributed by atoms with E-state index in [0.717, 1.165) is 17.8 Å². The van der Waals surface area contributed by atoms with E-state index in [1.165, 1.54) is 16.5 Å². The highest BCUT2D eigenvalue weighted by atomic mass is 16.3. The van der Waals surface area contributed by atoms with E-state index in [2.05, 4.69) is 32.0 Å². The fourth-order valence-electron chi connectivity index (χ4n) is 1.61. The summed E-state index contributed by atoms with van der Waals surface area (Å²) in [5.74, 6) is 1.03. The third-order valence-electron chi connectivity index (χ3n) is 2.65. The maximum absolute atomic E-state index is 5.64. The van der Waals surface area contributed by atoms with Crippen LogP contribution in [0.4, 0.5) is 0 Å². The van der Waals surface area contributed by atoms with E-state index < -0.39 is 0 Å². The maximum Gasteiger partial charge on any atom is 0.134 e. The van der Waals surface area contributed by atoms with E-state index in [9.17, 15) is 0 Å². The van der Waals surface area contributed by atoms with Crippen molar-refractivity contribution in [3.8, 4) is 0 Å². The highest BCUT2D eigenvalue weighted by molar-refractivity contribution is 5.82. The van der Waals surface area contributed by atoms with E-state index in [1.54, 1.807) is 0 Å². The molecule has 0 saturated carbocycles. The minimum atomic E-state index is 1.02. The molecule has 0 bridgehead atoms. The van der Waals surface area contributed by atoms with Crippen molar-refractivity contribution in [3.05, 3.63) is 35.1 Å². The van der Waals surface area contributed by atoms with Crippen LogP contribution in [0.3, 0.4) is 0 Å². The van der Waals surface area contributed by atoms with Crippen molar-refractivity contribution in [1.82, 2.24) is 0 Å². The lowest BCUT2D eigenvalue weighted by atomic mass is 10.1. The first-order valence-electron chi connectivity index (χ1n) is 4.71. The topological polar surface area (TPSA) is 13.1 Å². The molecule has 0 unspecified atom stereocenters. The van der Waals surface area contributed by atoms with Crippen molar-refractivity contribution in [2.75, 3.05) is 0 Å². The Bertz CT molecular complexity index is 438. The fourth-order valence-corrected chi connectivity index (χ4v) is 1.61. The first kappa shape index (κ1) is 8.36. The Morgan fingerprint density at radius 2 is 2.00 bits per heavy atom. The van der Waals surface area contributed by atoms with Gasteiger partial charge in [0.15, 0.2) is 0 Å². The van der Waals surface area contributed by atoms with Gasteiger partial charge in [-0.2, -0.15) is 0 Å². The molecule has 2 aromatic rings. The number of hydrogen-bond acceptors (Lipinski definition) is 1. The number of benzene rings is 1. The van der Waals surface area contributed by atoms with Crippen LogP contribution >= 0.6 is 0 Å². The Morgan fingerprint density at radius 3 is 2.69 bits per heavy atom. The van der Waals surface area contributed by atoms with Gasteiger partial charge in [-0.3, -0.25) is 0 Å². The van der Waals surface area contributed by atoms with E-state index in [4.69, 9.17) is 4.42 Å². The molecule has 1 heteroatoms. The summed E-state index contributed by atoms with van der Waals surface area (Å²) in [5, 5.41) is 1.25. The molecular weight excluding hydrogens is 160 g/mol. The molecule has 1 aromatic carbocycles. The predicted molar refractivity (Wildman–Crippen MR) is 55.1 cm³/mol. The van der Waals surface area contributed by atoms with Crippen LogP contribution in [0.2, 0.25) is 0 Å². The molecular formula is C12H14O. The zero-order valence-electron chi connectivity index (χ0n) is 8.35. The lowest BCUT2D eigenvalue weighted by Gasteiger charge is -1.94. The number of aryl methyl sites for hydroxylation is 3. The third kappa shape index (κ3) is 1.24. The van der Waals surface area contributed by atoms with Gasteiger partial charge in [0.25, 0.3) is 0 Å². The van der Waals surface area contributed by atoms with Crippen molar-refractivity contribution >= 4 is 11.0 Å². The number of furan rings is 1. The van der Waals surface area contributed by atoms with Crippen molar-refractivity contribution in [2.45, 2.75) is 27.2 Å². The van der Waals surface area contributed by atoms with Gasteiger partial charge in [-0.1, -0.05) is 19.1 Å². The summed E-state index contributed by atoms with van der Waals surface area (Å²) in [6, 6.07) is 6.46. The van der Waals surface area contributed by atoms with E-state index >= 15 is 0 Å². The van der Waals surface area contributed by atoms with Gasteiger partial charge >= 0.3 is 0 Å². The summed E-state index contributed by atoms with van der Waals surface area (Å²) in [5.41, 5.74) is 3.62. The third-order valence-corrected chi connectivity index (χ3v) is 2.65. The molecule has 0 fully saturated rings. The molecule has 0 aliphatic heterocycles. The van der Waals surface area contributed by atoms with Crippen LogP contribution in [0.1, 0.15) is 23.8 Å². The largest absolute Gasteiger partial charge is 0.461 e. The van der Waals surface area contributed by atoms with Gasteiger partial charge in [0.1, 0.15) is 11.3 Å². The Morgan fingerprint density at radius 1 is 1.23 bits per heavy atom. The molecule has 1 aromatic heterocycles. The molecule has 0 aliphatic carbocycles. The molecule has 68 valence electrons. The standard InChI is InChI=1S/C12H14O/c1-4-10-5-6-11-8(2)9(3)13-12(11)7-10/h5-7H,4H2,1-3H3. The molecule has 1 nitrogen and oxygen atoms in total. The molecule has 1 heterocycles. The summed E-state index contributed by atoms with van der Waals surface area (Å²) in [4.78, 5) is 0. The second-order valence-electron chi connectivity index (χ2n) is 3.47. The highest BCUT2D eigenvalue weighted by Gasteiger charge is 2.05. The van der Waals surface area contributed by atoms with E-state index in [-0.39, 0.29) is 0 Å². The van der Waals surface area contributed by atoms with Gasteiger partial charge in [-0.05, 0) is 37.5 Å². The van der Waals surface area contributed by atoms with Gasteiger partial charge in [0.2, 0.25) is 0 Å². The fraction of sp³-hybridized carbons (Fsp3) is 0.333. The zero-order valence-corrected chi connectivity index (χ0v) is 8.35. The van der Waals surface area contributed by atoms with Crippen molar-refractivity contribution < 1.29 is 4.42 Å². The Hall–Kier alpha value is -1.24. The van der Waals surface area contributed by atoms with Crippen molar-refractivity contribution in [2.24, 2.45) is 0 Å². The van der Waals surface area contributed by atoms with Crippen molar-refractivity contribution in [1.29, 1.82) is 0 Å². The summed E-state index contributed by atoms with van der Waals surface area (Å²) in [7, 11) is 0. The second-order valence-corrected chi connectivity index (χ2v) is 3.47. The normalized spacial score (nSPS) is 11.0. The average molecular weight is 174 g/mol. The molecule has 0 atom stereocenters. The van der Waals surface area contributed by atoms with Crippen LogP contribution in [0.5, 0.6) is 0 Å². The van der Waals surface area contributed by atoms with Crippen LogP contribution in [-0.4, -0.2) is 0 Å². The summed E-state index contributed by atoms with van der Waals surface area (Å²) < 4.78 is 5.64. The zero-order chi connectivity index (χ0) is 9.42. The predicted octanol–water partition coefficient (Wildman–Crippen LogP) is 3.61. The average Bonchev–Trinajstić information content (AvgIpc) is 2.42. The molecule has 0 spiro atoms. The Labute approximate surface area is 78.4 Å². The van der Waals surface area contributed by atoms with E-state index in [0.29, 0.717) is 0 Å². The minimum Gasteiger partial charge on any atom is -0.461 e. The van der Waals surface area contributed by atoms with Gasteiger partial charge < -0.3 is 4.42 Å². The van der Waals surface area contributed by atoms with Crippen LogP contribution < -0.4 is 0 Å². The van der Waals surface area contributed by atoms with Crippen LogP contribution in [0.15, 0.2) is 22.6 Å². The van der Waals surface area contributed by atoms with Crippen LogP contribution in [0, 0.1) is 13.8 Å². The summed E-state index contributed by atoms with van der Waals surface area (Å²) >= 11 is 0. The number of rotatable bonds is 1. The van der Waals surface area contributed by atoms with Gasteiger partial charge in [0, 0.05) is 5.39 Å². The molecule has 0 N–H and O–H groups in total. The molecule has 13 heavy (non-hydrogen) atoms. The number of fused-ring (bicyclic) bond motifs is 1. The smallest absolute Gasteiger partial charge is 0.134 e. The SMILES string of the molecule is CCc1ccc2c(C)c(C)oc2c1. The molecule has 0 saturated heterocycles. The maximum atomic E-state index is 5.64. The summed E-state index contributed by atoms with van der Waals surface area (Å²) in [6.45, 7) is 6.28. The second kappa shape index (κ2) is 2.91. The Balaban J connectivity index is 2.73. The lowest BCUT2D eigenvalue weighted by molar-refractivity contribution is 0.574. The van der Waals surface area contributed by atoms with Crippen LogP contribution in [0.25, 0.3) is 11.0 Å². The molecule has 2 rings (SSSR count). The van der Waals surface area contributed by atoms with Crippen molar-refractivity contribution in [3.63, 3.8) is 0 Å². The first-order valence-corrected chi connectivity index (χ1v) is 4.71. The molecule has 0 radical (unpaired) electrons. The van der Waals surface area contributed by atoms with Gasteiger partial charge in [-0.25, -0.2) is 0 Å². The van der Waals surface area contributed by atoms with Gasteiger partial charge in [-0.15, -0.1) is 0 Å². The van der Waals surface area contributed by atoms with Gasteiger partial charge in [0.05, 0.1) is 0 Å². The minimum absolute atomic E-state index is 1.02. The number of hydrogen-bond donors (Lipinski definition) is 0. The molecule has 0 amide bonds. The Kier molecular flexibility index (Phi) is 1.87. The highest BCUT2D eigenvalue weighted by Crippen LogP contribution is 2.25. The monoisotopic (exact) mass is 174 g/mol. The van der Waals surface area contributed by atoms with E-state index in [1.807, 2.05) is 6.92 Å². The lowest BCUT2D eigenvalue weighted by Crippen LogP contribution is -1.77. The molecule has 0 aliphatic rings. The summed E-state index contributed by atoms with van der Waals surface area (Å²) in [6.07, 6.45) is 1.06. The van der Waals surface area contributed by atoms with Crippen LogP contribution in [-0.2, 0) is 6.42 Å². The first-order chi connectivity index (χ1) is 6.22.